The number of aryl methyl sites for hydroxylation is 1. The van der Waals surface area contributed by atoms with Crippen LogP contribution in [0.3, 0.4) is 0 Å². The molecule has 2 atom stereocenters. The molecule has 0 heterocycles. The second-order valence-electron chi connectivity index (χ2n) is 6.60. The highest BCUT2D eigenvalue weighted by Crippen LogP contribution is 2.60. The van der Waals surface area contributed by atoms with E-state index >= 15 is 0 Å². The fourth-order valence-corrected chi connectivity index (χ4v) is 4.10. The fraction of sp³-hybridized carbons (Fsp3) is 0.611. The minimum atomic E-state index is -2.45. The van der Waals surface area contributed by atoms with Gasteiger partial charge in [0, 0.05) is 17.9 Å². The molecule has 1 amide bonds. The summed E-state index contributed by atoms with van der Waals surface area (Å²) in [6, 6.07) is 8.32. The third-order valence-electron chi connectivity index (χ3n) is 5.16. The van der Waals surface area contributed by atoms with Crippen LogP contribution in [0.4, 0.5) is 8.78 Å². The normalized spacial score (nSPS) is 26.1. The summed E-state index contributed by atoms with van der Waals surface area (Å²) in [6.45, 7) is 1.92. The molecule has 1 spiro atoms. The van der Waals surface area contributed by atoms with Gasteiger partial charge in [-0.1, -0.05) is 31.2 Å². The highest BCUT2D eigenvalue weighted by molar-refractivity contribution is 5.85. The SMILES string of the molecule is CCCN(CC(F)F)C(=O)C1CC12CCCc1ccccc12. The number of carbonyl (C=O) groups excluding carboxylic acids is 1. The third-order valence-corrected chi connectivity index (χ3v) is 5.16. The molecule has 2 nitrogen and oxygen atoms in total. The zero-order chi connectivity index (χ0) is 15.7. The van der Waals surface area contributed by atoms with Crippen molar-refractivity contribution < 1.29 is 13.6 Å². The molecule has 0 aromatic heterocycles. The number of rotatable bonds is 5. The second-order valence-corrected chi connectivity index (χ2v) is 6.60. The number of amides is 1. The zero-order valence-corrected chi connectivity index (χ0v) is 13.0. The molecule has 1 saturated carbocycles. The first-order valence-electron chi connectivity index (χ1n) is 8.24. The first-order valence-corrected chi connectivity index (χ1v) is 8.24. The largest absolute Gasteiger partial charge is 0.337 e. The van der Waals surface area contributed by atoms with Crippen molar-refractivity contribution in [2.24, 2.45) is 5.92 Å². The summed E-state index contributed by atoms with van der Waals surface area (Å²) in [5.74, 6) is -0.168. The molecule has 0 radical (unpaired) electrons. The van der Waals surface area contributed by atoms with Gasteiger partial charge >= 0.3 is 0 Å². The Morgan fingerprint density at radius 1 is 1.41 bits per heavy atom. The Kier molecular flexibility index (Phi) is 4.20. The van der Waals surface area contributed by atoms with Gasteiger partial charge in [-0.2, -0.15) is 0 Å². The summed E-state index contributed by atoms with van der Waals surface area (Å²) < 4.78 is 25.5. The van der Waals surface area contributed by atoms with Crippen LogP contribution in [0, 0.1) is 5.92 Å². The number of hydrogen-bond donors (Lipinski definition) is 0. The van der Waals surface area contributed by atoms with Crippen LogP contribution in [0.2, 0.25) is 0 Å². The predicted octanol–water partition coefficient (Wildman–Crippen LogP) is 3.78. The van der Waals surface area contributed by atoms with Crippen LogP contribution >= 0.6 is 0 Å². The van der Waals surface area contributed by atoms with Crippen molar-refractivity contribution in [3.05, 3.63) is 35.4 Å². The van der Waals surface area contributed by atoms with Crippen LogP contribution in [-0.4, -0.2) is 30.3 Å². The van der Waals surface area contributed by atoms with Crippen LogP contribution in [0.5, 0.6) is 0 Å². The van der Waals surface area contributed by atoms with Crippen LogP contribution < -0.4 is 0 Å². The van der Waals surface area contributed by atoms with Gasteiger partial charge in [-0.05, 0) is 43.2 Å². The van der Waals surface area contributed by atoms with Gasteiger partial charge in [0.15, 0.2) is 0 Å². The van der Waals surface area contributed by atoms with Crippen LogP contribution in [0.15, 0.2) is 24.3 Å². The summed E-state index contributed by atoms with van der Waals surface area (Å²) in [5, 5.41) is 0. The Labute approximate surface area is 130 Å². The fourth-order valence-electron chi connectivity index (χ4n) is 4.10. The van der Waals surface area contributed by atoms with Crippen LogP contribution in [-0.2, 0) is 16.6 Å². The number of benzene rings is 1. The van der Waals surface area contributed by atoms with E-state index < -0.39 is 13.0 Å². The van der Waals surface area contributed by atoms with Crippen LogP contribution in [0.25, 0.3) is 0 Å². The Balaban J connectivity index is 1.80. The summed E-state index contributed by atoms with van der Waals surface area (Å²) in [4.78, 5) is 14.1. The molecule has 22 heavy (non-hydrogen) atoms. The molecule has 0 bridgehead atoms. The predicted molar refractivity (Wildman–Crippen MR) is 82.0 cm³/mol. The highest BCUT2D eigenvalue weighted by atomic mass is 19.3. The Hall–Kier alpha value is -1.45. The van der Waals surface area contributed by atoms with E-state index in [1.54, 1.807) is 0 Å². The summed E-state index contributed by atoms with van der Waals surface area (Å²) in [7, 11) is 0. The molecule has 1 aromatic rings. The number of nitrogens with zero attached hydrogens (tertiary/aromatic N) is 1. The molecular weight excluding hydrogens is 284 g/mol. The first kappa shape index (κ1) is 15.4. The number of hydrogen-bond acceptors (Lipinski definition) is 1. The lowest BCUT2D eigenvalue weighted by Crippen LogP contribution is -2.38. The summed E-state index contributed by atoms with van der Waals surface area (Å²) >= 11 is 0. The number of halogens is 2. The average molecular weight is 307 g/mol. The van der Waals surface area contributed by atoms with Gasteiger partial charge in [-0.15, -0.1) is 0 Å². The van der Waals surface area contributed by atoms with Crippen molar-refractivity contribution >= 4 is 5.91 Å². The lowest BCUT2D eigenvalue weighted by molar-refractivity contribution is -0.135. The van der Waals surface area contributed by atoms with Gasteiger partial charge < -0.3 is 4.90 Å². The minimum Gasteiger partial charge on any atom is -0.337 e. The lowest BCUT2D eigenvalue weighted by atomic mass is 9.78. The van der Waals surface area contributed by atoms with Gasteiger partial charge in [-0.3, -0.25) is 4.79 Å². The summed E-state index contributed by atoms with van der Waals surface area (Å²) in [6.07, 6.45) is 2.25. The molecule has 2 aliphatic carbocycles. The van der Waals surface area contributed by atoms with E-state index in [-0.39, 0.29) is 17.2 Å². The molecule has 3 rings (SSSR count). The molecule has 2 aliphatic rings. The minimum absolute atomic E-state index is 0.0694. The smallest absolute Gasteiger partial charge is 0.255 e. The van der Waals surface area contributed by atoms with E-state index in [0.29, 0.717) is 6.54 Å². The lowest BCUT2D eigenvalue weighted by Gasteiger charge is -2.28. The molecule has 1 aromatic carbocycles. The zero-order valence-electron chi connectivity index (χ0n) is 13.0. The quantitative estimate of drug-likeness (QED) is 0.810. The average Bonchev–Trinajstić information content (AvgIpc) is 3.21. The number of fused-ring (bicyclic) bond motifs is 2. The highest BCUT2D eigenvalue weighted by Gasteiger charge is 2.60. The molecule has 0 saturated heterocycles. The first-order chi connectivity index (χ1) is 10.6. The molecule has 120 valence electrons. The molecule has 0 N–H and O–H groups in total. The van der Waals surface area contributed by atoms with Crippen molar-refractivity contribution in [1.82, 2.24) is 4.90 Å². The molecule has 0 aliphatic heterocycles. The van der Waals surface area contributed by atoms with E-state index in [1.165, 1.54) is 16.0 Å². The van der Waals surface area contributed by atoms with Gasteiger partial charge in [0.05, 0.1) is 6.54 Å². The molecule has 2 unspecified atom stereocenters. The van der Waals surface area contributed by atoms with Gasteiger partial charge in [0.25, 0.3) is 6.43 Å². The Morgan fingerprint density at radius 2 is 2.18 bits per heavy atom. The van der Waals surface area contributed by atoms with Crippen LogP contribution in [0.1, 0.15) is 43.7 Å². The van der Waals surface area contributed by atoms with E-state index in [1.807, 2.05) is 19.1 Å². The van der Waals surface area contributed by atoms with E-state index in [0.717, 1.165) is 32.1 Å². The number of carbonyl (C=O) groups is 1. The molecule has 1 fully saturated rings. The maximum atomic E-state index is 12.7. The Morgan fingerprint density at radius 3 is 2.91 bits per heavy atom. The van der Waals surface area contributed by atoms with Gasteiger partial charge in [-0.25, -0.2) is 8.78 Å². The standard InChI is InChI=1S/C18H23F2NO/c1-2-10-21(12-16(19)20)17(22)15-11-18(15)9-5-7-13-6-3-4-8-14(13)18/h3-4,6,8,15-16H,2,5,7,9-12H2,1H3. The molecule has 4 heteroatoms. The van der Waals surface area contributed by atoms with Gasteiger partial charge in [0.2, 0.25) is 5.91 Å². The summed E-state index contributed by atoms with van der Waals surface area (Å²) in [5.41, 5.74) is 2.55. The van der Waals surface area contributed by atoms with Crippen molar-refractivity contribution in [1.29, 1.82) is 0 Å². The Bertz CT molecular complexity index is 560. The molecular formula is C18H23F2NO. The van der Waals surface area contributed by atoms with Gasteiger partial charge in [0.1, 0.15) is 0 Å². The number of alkyl halides is 2. The van der Waals surface area contributed by atoms with Crippen molar-refractivity contribution in [2.75, 3.05) is 13.1 Å². The maximum absolute atomic E-state index is 12.7. The van der Waals surface area contributed by atoms with E-state index in [2.05, 4.69) is 12.1 Å². The monoisotopic (exact) mass is 307 g/mol. The maximum Gasteiger partial charge on any atom is 0.255 e. The van der Waals surface area contributed by atoms with Crippen molar-refractivity contribution in [2.45, 2.75) is 50.9 Å². The topological polar surface area (TPSA) is 20.3 Å². The van der Waals surface area contributed by atoms with Crippen molar-refractivity contribution in [3.63, 3.8) is 0 Å². The van der Waals surface area contributed by atoms with Crippen molar-refractivity contribution in [3.8, 4) is 0 Å². The third kappa shape index (κ3) is 2.64. The van der Waals surface area contributed by atoms with E-state index in [9.17, 15) is 13.6 Å². The second kappa shape index (κ2) is 5.98. The van der Waals surface area contributed by atoms with E-state index in [4.69, 9.17) is 0 Å².